The number of hydrogen-bond acceptors (Lipinski definition) is 4. The number of hydrogen-bond donors (Lipinski definition) is 1. The molecule has 0 bridgehead atoms. The van der Waals surface area contributed by atoms with Crippen molar-refractivity contribution >= 4 is 38.0 Å². The van der Waals surface area contributed by atoms with Crippen molar-refractivity contribution in [3.63, 3.8) is 0 Å². The number of carbonyl (C=O) groups is 1. The van der Waals surface area contributed by atoms with Crippen molar-refractivity contribution < 1.29 is 30.0 Å². The number of carbonyl (C=O) groups excluding carboxylic acids is 1. The fourth-order valence-electron chi connectivity index (χ4n) is 8.45. The van der Waals surface area contributed by atoms with E-state index in [1.165, 1.54) is 73.5 Å². The van der Waals surface area contributed by atoms with E-state index in [0.29, 0.717) is 0 Å². The van der Waals surface area contributed by atoms with Gasteiger partial charge in [-0.2, -0.15) is 0 Å². The molecule has 3 aromatic carbocycles. The minimum atomic E-state index is 0. The van der Waals surface area contributed by atoms with Crippen LogP contribution in [0.15, 0.2) is 72.6 Å². The van der Waals surface area contributed by atoms with Gasteiger partial charge in [-0.15, -0.1) is 40.5 Å². The molecule has 297 valence electrons. The van der Waals surface area contributed by atoms with E-state index in [2.05, 4.69) is 116 Å². The van der Waals surface area contributed by atoms with Crippen LogP contribution in [0.3, 0.4) is 0 Å². The van der Waals surface area contributed by atoms with Crippen molar-refractivity contribution in [1.29, 1.82) is 0 Å². The van der Waals surface area contributed by atoms with Crippen molar-refractivity contribution in [2.24, 2.45) is 11.8 Å². The van der Waals surface area contributed by atoms with Crippen LogP contribution in [0.2, 0.25) is 0 Å². The number of thiophene rings is 1. The van der Waals surface area contributed by atoms with Gasteiger partial charge in [-0.3, -0.25) is 9.78 Å². The second-order valence-electron chi connectivity index (χ2n) is 17.9. The molecule has 2 heterocycles. The number of ketones is 1. The van der Waals surface area contributed by atoms with E-state index in [0.717, 1.165) is 42.3 Å². The standard InChI is InChI=1S/C37H40NS.C13H24O2.Ir/c1-23-27-16-19-38-32(26-20-24-12-9-10-13-28(24)30(22-26)35(2,3)4)34(27)39-33(23)25-14-15-29-31(21-25)37(7,8)18-11-17-36(29,5)6;1-5-10(6-2)12(14)9-13(15)11(7-3)8-4;/h9-10,12-16,19,21-22H,11,17-18H2,1-8H3;9-11,14H,5-8H2,1-4H3;/q-1;;/b;12-9-;. The molecular formula is C50H64IrNO2S-. The predicted molar refractivity (Wildman–Crippen MR) is 234 cm³/mol. The Bertz CT molecular complexity index is 2140. The molecule has 0 spiro atoms. The van der Waals surface area contributed by atoms with Gasteiger partial charge in [0, 0.05) is 59.5 Å². The fourth-order valence-corrected chi connectivity index (χ4v) is 9.75. The molecule has 1 aliphatic carbocycles. The number of pyridine rings is 1. The molecule has 1 radical (unpaired) electrons. The van der Waals surface area contributed by atoms with E-state index in [1.54, 1.807) is 0 Å². The summed E-state index contributed by atoms with van der Waals surface area (Å²) < 4.78 is 1.26. The quantitative estimate of drug-likeness (QED) is 0.0693. The summed E-state index contributed by atoms with van der Waals surface area (Å²) in [6.45, 7) is 26.9. The summed E-state index contributed by atoms with van der Waals surface area (Å²) in [5, 5.41) is 13.5. The minimum Gasteiger partial charge on any atom is -0.512 e. The fraction of sp³-hybridized carbons (Fsp3) is 0.480. The number of aliphatic hydroxyl groups excluding tert-OH is 1. The number of benzene rings is 3. The maximum atomic E-state index is 11.7. The molecule has 0 amide bonds. The first kappa shape index (κ1) is 44.6. The normalized spacial score (nSPS) is 15.3. The molecule has 55 heavy (non-hydrogen) atoms. The van der Waals surface area contributed by atoms with Crippen LogP contribution in [0, 0.1) is 24.8 Å². The summed E-state index contributed by atoms with van der Waals surface area (Å²) in [6.07, 6.45) is 10.6. The van der Waals surface area contributed by atoms with Gasteiger partial charge in [-0.25, -0.2) is 0 Å². The third-order valence-corrected chi connectivity index (χ3v) is 13.5. The van der Waals surface area contributed by atoms with Gasteiger partial charge in [0.25, 0.3) is 0 Å². The number of aliphatic hydroxyl groups is 1. The largest absolute Gasteiger partial charge is 0.512 e. The van der Waals surface area contributed by atoms with Gasteiger partial charge in [0.2, 0.25) is 0 Å². The second-order valence-corrected chi connectivity index (χ2v) is 18.9. The third kappa shape index (κ3) is 9.54. The Balaban J connectivity index is 0.000000360. The molecular weight excluding hydrogens is 871 g/mol. The third-order valence-electron chi connectivity index (χ3n) is 12.1. The van der Waals surface area contributed by atoms with Crippen LogP contribution < -0.4 is 0 Å². The van der Waals surface area contributed by atoms with E-state index >= 15 is 0 Å². The average Bonchev–Trinajstić information content (AvgIpc) is 3.43. The predicted octanol–water partition coefficient (Wildman–Crippen LogP) is 14.8. The molecule has 0 fully saturated rings. The molecule has 2 aromatic heterocycles. The number of allylic oxidation sites excluding steroid dienone is 2. The second kappa shape index (κ2) is 18.0. The molecule has 0 aliphatic heterocycles. The Morgan fingerprint density at radius 1 is 0.873 bits per heavy atom. The van der Waals surface area contributed by atoms with E-state index in [1.807, 2.05) is 45.2 Å². The average molecular weight is 935 g/mol. The van der Waals surface area contributed by atoms with Crippen molar-refractivity contribution in [3.8, 4) is 21.7 Å². The van der Waals surface area contributed by atoms with Crippen molar-refractivity contribution in [3.05, 3.63) is 101 Å². The zero-order valence-electron chi connectivity index (χ0n) is 35.5. The van der Waals surface area contributed by atoms with Gasteiger partial charge in [-0.1, -0.05) is 124 Å². The summed E-state index contributed by atoms with van der Waals surface area (Å²) in [5.41, 5.74) is 9.62. The Labute approximate surface area is 349 Å². The van der Waals surface area contributed by atoms with E-state index in [-0.39, 0.29) is 59.7 Å². The Hall–Kier alpha value is -3.11. The number of aromatic nitrogens is 1. The summed E-state index contributed by atoms with van der Waals surface area (Å²) >= 11 is 1.89. The van der Waals surface area contributed by atoms with Crippen LogP contribution in [-0.2, 0) is 41.1 Å². The molecule has 6 rings (SSSR count). The molecule has 5 aromatic rings. The number of rotatable bonds is 9. The molecule has 3 nitrogen and oxygen atoms in total. The van der Waals surface area contributed by atoms with Crippen LogP contribution in [0.5, 0.6) is 0 Å². The topological polar surface area (TPSA) is 50.2 Å². The maximum absolute atomic E-state index is 11.7. The number of fused-ring (bicyclic) bond motifs is 3. The Kier molecular flexibility index (Phi) is 14.6. The maximum Gasteiger partial charge on any atom is 0.162 e. The van der Waals surface area contributed by atoms with E-state index in [4.69, 9.17) is 4.98 Å². The van der Waals surface area contributed by atoms with Crippen molar-refractivity contribution in [1.82, 2.24) is 4.98 Å². The monoisotopic (exact) mass is 935 g/mol. The molecule has 0 unspecified atom stereocenters. The number of aryl methyl sites for hydroxylation is 1. The van der Waals surface area contributed by atoms with Gasteiger partial charge < -0.3 is 5.11 Å². The minimum absolute atomic E-state index is 0. The molecule has 1 N–H and O–H groups in total. The summed E-state index contributed by atoms with van der Waals surface area (Å²) in [6, 6.07) is 24.2. The van der Waals surface area contributed by atoms with Crippen LogP contribution >= 0.6 is 11.3 Å². The van der Waals surface area contributed by atoms with Crippen molar-refractivity contribution in [2.45, 2.75) is 144 Å². The molecule has 0 saturated carbocycles. The zero-order valence-corrected chi connectivity index (χ0v) is 38.7. The van der Waals surface area contributed by atoms with Gasteiger partial charge >= 0.3 is 0 Å². The smallest absolute Gasteiger partial charge is 0.162 e. The first-order valence-electron chi connectivity index (χ1n) is 20.4. The van der Waals surface area contributed by atoms with Crippen LogP contribution in [-0.4, -0.2) is 15.9 Å². The summed E-state index contributed by atoms with van der Waals surface area (Å²) in [7, 11) is 0. The Morgan fingerprint density at radius 3 is 2.11 bits per heavy atom. The van der Waals surface area contributed by atoms with Gasteiger partial charge in [0.05, 0.1) is 5.76 Å². The summed E-state index contributed by atoms with van der Waals surface area (Å²) in [4.78, 5) is 18.0. The first-order chi connectivity index (χ1) is 25.5. The molecule has 0 atom stereocenters. The van der Waals surface area contributed by atoms with Gasteiger partial charge in [0.15, 0.2) is 5.78 Å². The first-order valence-corrected chi connectivity index (χ1v) is 21.2. The van der Waals surface area contributed by atoms with Crippen LogP contribution in [0.25, 0.3) is 42.6 Å². The van der Waals surface area contributed by atoms with Gasteiger partial charge in [0.1, 0.15) is 0 Å². The molecule has 0 saturated heterocycles. The molecule has 1 aliphatic rings. The van der Waals surface area contributed by atoms with E-state index in [9.17, 15) is 9.90 Å². The van der Waals surface area contributed by atoms with E-state index < -0.39 is 0 Å². The van der Waals surface area contributed by atoms with Gasteiger partial charge in [-0.05, 0) is 101 Å². The van der Waals surface area contributed by atoms with Crippen LogP contribution in [0.4, 0.5) is 0 Å². The Morgan fingerprint density at radius 2 is 1.49 bits per heavy atom. The van der Waals surface area contributed by atoms with Crippen molar-refractivity contribution in [2.75, 3.05) is 0 Å². The molecule has 5 heteroatoms. The summed E-state index contributed by atoms with van der Waals surface area (Å²) in [5.74, 6) is 0.547. The zero-order chi connectivity index (χ0) is 39.6. The van der Waals surface area contributed by atoms with Crippen LogP contribution in [0.1, 0.15) is 143 Å². The number of nitrogens with zero attached hydrogens (tertiary/aromatic N) is 1. The SMILES string of the molecule is CCC(CC)C(=O)/C=C(\O)C(CC)CC.Cc1c(-c2ccc3c(c2)C(C)(C)CCCC3(C)C)sc2c(-c3[c-]c4ccccc4c(C(C)(C)C)c3)nccc12.[Ir].